The molecule has 1 aliphatic carbocycles. The summed E-state index contributed by atoms with van der Waals surface area (Å²) in [6, 6.07) is 0. The van der Waals surface area contributed by atoms with E-state index in [4.69, 9.17) is 11.6 Å². The molecule has 0 N–H and O–H groups in total. The van der Waals surface area contributed by atoms with Crippen molar-refractivity contribution in [3.05, 3.63) is 0 Å². The van der Waals surface area contributed by atoms with Gasteiger partial charge in [-0.15, -0.1) is 11.6 Å². The van der Waals surface area contributed by atoms with Gasteiger partial charge in [-0.2, -0.15) is 0 Å². The summed E-state index contributed by atoms with van der Waals surface area (Å²) in [7, 11) is 0. The van der Waals surface area contributed by atoms with Crippen LogP contribution in [0.2, 0.25) is 0 Å². The molecule has 0 aliphatic heterocycles. The van der Waals surface area contributed by atoms with Crippen LogP contribution in [0.15, 0.2) is 0 Å². The summed E-state index contributed by atoms with van der Waals surface area (Å²) < 4.78 is 0. The van der Waals surface area contributed by atoms with E-state index in [9.17, 15) is 0 Å². The van der Waals surface area contributed by atoms with Crippen LogP contribution in [0.3, 0.4) is 0 Å². The summed E-state index contributed by atoms with van der Waals surface area (Å²) in [6.45, 7) is 2.21. The molecule has 0 spiro atoms. The Morgan fingerprint density at radius 1 is 1.23 bits per heavy atom. The third kappa shape index (κ3) is 4.90. The van der Waals surface area contributed by atoms with Gasteiger partial charge < -0.3 is 0 Å². The number of rotatable bonds is 6. The molecule has 0 radical (unpaired) electrons. The Morgan fingerprint density at radius 2 is 1.92 bits per heavy atom. The minimum Gasteiger partial charge on any atom is -0.123 e. The minimum atomic E-state index is 0.450. The molecule has 1 rings (SSSR count). The maximum absolute atomic E-state index is 6.17. The van der Waals surface area contributed by atoms with Gasteiger partial charge in [0.1, 0.15) is 0 Å². The van der Waals surface area contributed by atoms with Crippen LogP contribution in [0, 0.1) is 5.92 Å². The standard InChI is InChI=1S/C12H23Cl/c1-2-6-12(13)10-5-9-11-7-3-4-8-11/h11-12H,2-10H2,1H3. The highest BCUT2D eigenvalue weighted by atomic mass is 35.5. The number of halogens is 1. The first kappa shape index (κ1) is 11.4. The van der Waals surface area contributed by atoms with Crippen molar-refractivity contribution in [2.24, 2.45) is 5.92 Å². The van der Waals surface area contributed by atoms with E-state index >= 15 is 0 Å². The predicted molar refractivity (Wildman–Crippen MR) is 60.4 cm³/mol. The van der Waals surface area contributed by atoms with E-state index in [0.717, 1.165) is 5.92 Å². The highest BCUT2D eigenvalue weighted by molar-refractivity contribution is 6.20. The summed E-state index contributed by atoms with van der Waals surface area (Å²) in [6.07, 6.45) is 12.4. The molecular formula is C12H23Cl. The second-order valence-electron chi connectivity index (χ2n) is 4.47. The molecule has 78 valence electrons. The average Bonchev–Trinajstić information content (AvgIpc) is 2.57. The van der Waals surface area contributed by atoms with E-state index in [-0.39, 0.29) is 0 Å². The average molecular weight is 203 g/mol. The Bertz CT molecular complexity index is 116. The van der Waals surface area contributed by atoms with Gasteiger partial charge in [-0.1, -0.05) is 51.9 Å². The molecule has 1 atom stereocenters. The Balaban J connectivity index is 1.93. The maximum atomic E-state index is 6.17. The van der Waals surface area contributed by atoms with E-state index in [1.54, 1.807) is 0 Å². The van der Waals surface area contributed by atoms with E-state index in [1.165, 1.54) is 57.8 Å². The predicted octanol–water partition coefficient (Wildman–Crippen LogP) is 4.75. The first-order valence-electron chi connectivity index (χ1n) is 5.97. The quantitative estimate of drug-likeness (QED) is 0.545. The monoisotopic (exact) mass is 202 g/mol. The Morgan fingerprint density at radius 3 is 2.54 bits per heavy atom. The molecule has 1 heteroatoms. The third-order valence-corrected chi connectivity index (χ3v) is 3.64. The molecule has 0 nitrogen and oxygen atoms in total. The van der Waals surface area contributed by atoms with Crippen molar-refractivity contribution in [3.63, 3.8) is 0 Å². The van der Waals surface area contributed by atoms with Crippen LogP contribution < -0.4 is 0 Å². The van der Waals surface area contributed by atoms with Gasteiger partial charge in [0.2, 0.25) is 0 Å². The SMILES string of the molecule is CCCC(Cl)CCCC1CCCC1. The molecule has 0 heterocycles. The van der Waals surface area contributed by atoms with E-state index in [2.05, 4.69) is 6.92 Å². The van der Waals surface area contributed by atoms with Gasteiger partial charge >= 0.3 is 0 Å². The normalized spacial score (nSPS) is 20.8. The van der Waals surface area contributed by atoms with Gasteiger partial charge in [-0.25, -0.2) is 0 Å². The summed E-state index contributed by atoms with van der Waals surface area (Å²) >= 11 is 6.17. The molecule has 0 aromatic rings. The topological polar surface area (TPSA) is 0 Å². The molecule has 13 heavy (non-hydrogen) atoms. The van der Waals surface area contributed by atoms with Gasteiger partial charge in [0.05, 0.1) is 0 Å². The van der Waals surface area contributed by atoms with Crippen LogP contribution in [0.4, 0.5) is 0 Å². The highest BCUT2D eigenvalue weighted by Gasteiger charge is 2.14. The van der Waals surface area contributed by atoms with Crippen LogP contribution in [0.25, 0.3) is 0 Å². The lowest BCUT2D eigenvalue weighted by Crippen LogP contribution is -2.00. The van der Waals surface area contributed by atoms with E-state index < -0.39 is 0 Å². The molecule has 0 aromatic heterocycles. The molecular weight excluding hydrogens is 180 g/mol. The molecule has 0 aromatic carbocycles. The van der Waals surface area contributed by atoms with Crippen molar-refractivity contribution in [1.82, 2.24) is 0 Å². The lowest BCUT2D eigenvalue weighted by Gasteiger charge is -2.10. The van der Waals surface area contributed by atoms with Crippen LogP contribution in [-0.4, -0.2) is 5.38 Å². The lowest BCUT2D eigenvalue weighted by atomic mass is 9.99. The van der Waals surface area contributed by atoms with Crippen molar-refractivity contribution < 1.29 is 0 Å². The Hall–Kier alpha value is 0.290. The van der Waals surface area contributed by atoms with Gasteiger partial charge in [0.25, 0.3) is 0 Å². The van der Waals surface area contributed by atoms with Crippen molar-refractivity contribution in [3.8, 4) is 0 Å². The number of hydrogen-bond acceptors (Lipinski definition) is 0. The van der Waals surface area contributed by atoms with E-state index in [0.29, 0.717) is 5.38 Å². The van der Waals surface area contributed by atoms with Crippen molar-refractivity contribution in [2.45, 2.75) is 70.1 Å². The second-order valence-corrected chi connectivity index (χ2v) is 5.08. The number of alkyl halides is 1. The highest BCUT2D eigenvalue weighted by Crippen LogP contribution is 2.29. The lowest BCUT2D eigenvalue weighted by molar-refractivity contribution is 0.466. The molecule has 0 bridgehead atoms. The van der Waals surface area contributed by atoms with Crippen LogP contribution in [0.1, 0.15) is 64.7 Å². The first-order chi connectivity index (χ1) is 6.33. The van der Waals surface area contributed by atoms with Crippen molar-refractivity contribution in [1.29, 1.82) is 0 Å². The fourth-order valence-electron chi connectivity index (χ4n) is 2.38. The van der Waals surface area contributed by atoms with Gasteiger partial charge in [-0.3, -0.25) is 0 Å². The zero-order valence-electron chi connectivity index (χ0n) is 8.90. The molecule has 0 saturated heterocycles. The molecule has 1 aliphatic rings. The van der Waals surface area contributed by atoms with Crippen LogP contribution in [0.5, 0.6) is 0 Å². The van der Waals surface area contributed by atoms with Gasteiger partial charge in [0.15, 0.2) is 0 Å². The molecule has 1 saturated carbocycles. The Kier molecular flexibility index (Phi) is 5.86. The van der Waals surface area contributed by atoms with Crippen molar-refractivity contribution in [2.75, 3.05) is 0 Å². The third-order valence-electron chi connectivity index (χ3n) is 3.21. The van der Waals surface area contributed by atoms with Crippen molar-refractivity contribution >= 4 is 11.6 Å². The van der Waals surface area contributed by atoms with Crippen LogP contribution >= 0.6 is 11.6 Å². The van der Waals surface area contributed by atoms with Crippen LogP contribution in [-0.2, 0) is 0 Å². The molecule has 1 fully saturated rings. The fourth-order valence-corrected chi connectivity index (χ4v) is 2.76. The fraction of sp³-hybridized carbons (Fsp3) is 1.00. The largest absolute Gasteiger partial charge is 0.123 e. The number of hydrogen-bond donors (Lipinski definition) is 0. The molecule has 0 amide bonds. The second kappa shape index (κ2) is 6.70. The molecule has 1 unspecified atom stereocenters. The van der Waals surface area contributed by atoms with Gasteiger partial charge in [0, 0.05) is 5.38 Å². The zero-order valence-corrected chi connectivity index (χ0v) is 9.65. The Labute approximate surface area is 88.1 Å². The summed E-state index contributed by atoms with van der Waals surface area (Å²) in [4.78, 5) is 0. The summed E-state index contributed by atoms with van der Waals surface area (Å²) in [5.74, 6) is 1.05. The maximum Gasteiger partial charge on any atom is 0.0336 e. The zero-order chi connectivity index (χ0) is 9.52. The van der Waals surface area contributed by atoms with E-state index in [1.807, 2.05) is 0 Å². The van der Waals surface area contributed by atoms with Gasteiger partial charge in [-0.05, 0) is 18.8 Å². The first-order valence-corrected chi connectivity index (χ1v) is 6.40. The summed E-state index contributed by atoms with van der Waals surface area (Å²) in [5, 5.41) is 0.450. The summed E-state index contributed by atoms with van der Waals surface area (Å²) in [5.41, 5.74) is 0. The minimum absolute atomic E-state index is 0.450. The smallest absolute Gasteiger partial charge is 0.0336 e.